The monoisotopic (exact) mass is 422 g/mol. The second-order valence-corrected chi connectivity index (χ2v) is 8.11. The molecule has 2 aliphatic rings. The Hall–Kier alpha value is -2.12. The van der Waals surface area contributed by atoms with Crippen LogP contribution < -0.4 is 11.5 Å². The van der Waals surface area contributed by atoms with Crippen LogP contribution in [0.3, 0.4) is 0 Å². The van der Waals surface area contributed by atoms with Gasteiger partial charge in [-0.3, -0.25) is 15.0 Å². The SMILES string of the molecule is COC(=O)C1(CN)C(=O)N(C)CC1C1CCC(c2ccc(C(=N)N)cc2)CC1.Cl. The van der Waals surface area contributed by atoms with Gasteiger partial charge in [-0.25, -0.2) is 0 Å². The smallest absolute Gasteiger partial charge is 0.323 e. The van der Waals surface area contributed by atoms with E-state index in [4.69, 9.17) is 21.6 Å². The molecular weight excluding hydrogens is 392 g/mol. The van der Waals surface area contributed by atoms with E-state index in [0.29, 0.717) is 12.5 Å². The molecule has 7 nitrogen and oxygen atoms in total. The molecule has 1 heterocycles. The number of halogens is 1. The minimum atomic E-state index is -1.25. The van der Waals surface area contributed by atoms with Gasteiger partial charge in [-0.1, -0.05) is 24.3 Å². The number of carbonyl (C=O) groups excluding carboxylic acids is 2. The summed E-state index contributed by atoms with van der Waals surface area (Å²) in [6, 6.07) is 7.89. The van der Waals surface area contributed by atoms with Crippen LogP contribution in [0.15, 0.2) is 24.3 Å². The van der Waals surface area contributed by atoms with Gasteiger partial charge in [0.2, 0.25) is 5.91 Å². The molecule has 1 aliphatic carbocycles. The van der Waals surface area contributed by atoms with Crippen LogP contribution in [0, 0.1) is 22.7 Å². The molecule has 0 radical (unpaired) electrons. The van der Waals surface area contributed by atoms with Gasteiger partial charge in [0.15, 0.2) is 5.41 Å². The summed E-state index contributed by atoms with van der Waals surface area (Å²) < 4.78 is 5.00. The van der Waals surface area contributed by atoms with Crippen molar-refractivity contribution >= 4 is 30.1 Å². The molecule has 2 fully saturated rings. The number of ether oxygens (including phenoxy) is 1. The predicted molar refractivity (Wildman–Crippen MR) is 114 cm³/mol. The fourth-order valence-corrected chi connectivity index (χ4v) is 5.12. The summed E-state index contributed by atoms with van der Waals surface area (Å²) in [6.45, 7) is 0.535. The third kappa shape index (κ3) is 3.98. The Bertz CT molecular complexity index is 762. The number of nitrogens with zero attached hydrogens (tertiary/aromatic N) is 1. The van der Waals surface area contributed by atoms with Crippen molar-refractivity contribution in [3.8, 4) is 0 Å². The standard InChI is InChI=1S/C21H30N4O3.ClH/c1-25-11-17(21(12-22,19(25)26)20(27)28-2)15-7-3-13(4-8-15)14-5-9-16(10-6-14)18(23)24;/h5-6,9-10,13,15,17H,3-4,7-8,11-12,22H2,1-2H3,(H3,23,24);1H. The first kappa shape index (κ1) is 23.2. The Morgan fingerprint density at radius 3 is 2.31 bits per heavy atom. The van der Waals surface area contributed by atoms with E-state index in [1.54, 1.807) is 11.9 Å². The highest BCUT2D eigenvalue weighted by Gasteiger charge is 2.60. The molecule has 1 aromatic carbocycles. The van der Waals surface area contributed by atoms with E-state index in [-0.39, 0.29) is 42.5 Å². The average molecular weight is 423 g/mol. The van der Waals surface area contributed by atoms with Gasteiger partial charge in [-0.15, -0.1) is 12.4 Å². The van der Waals surface area contributed by atoms with Crippen LogP contribution in [0.25, 0.3) is 0 Å². The summed E-state index contributed by atoms with van der Waals surface area (Å²) in [7, 11) is 3.06. The number of benzene rings is 1. The van der Waals surface area contributed by atoms with E-state index in [9.17, 15) is 9.59 Å². The number of nitrogen functional groups attached to an aromatic ring is 1. The third-order valence-electron chi connectivity index (χ3n) is 6.74. The highest BCUT2D eigenvalue weighted by atomic mass is 35.5. The topological polar surface area (TPSA) is 122 Å². The van der Waals surface area contributed by atoms with Crippen molar-refractivity contribution in [2.24, 2.45) is 28.7 Å². The molecule has 3 rings (SSSR count). The quantitative estimate of drug-likeness (QED) is 0.289. The molecule has 0 aromatic heterocycles. The van der Waals surface area contributed by atoms with Crippen molar-refractivity contribution in [3.05, 3.63) is 35.4 Å². The van der Waals surface area contributed by atoms with Gasteiger partial charge in [0, 0.05) is 31.6 Å². The summed E-state index contributed by atoms with van der Waals surface area (Å²) in [5.41, 5.74) is 12.2. The average Bonchev–Trinajstić information content (AvgIpc) is 2.99. The number of nitrogens with one attached hydrogen (secondary N) is 1. The zero-order valence-corrected chi connectivity index (χ0v) is 17.8. The van der Waals surface area contributed by atoms with Gasteiger partial charge in [0.25, 0.3) is 0 Å². The molecule has 2 unspecified atom stereocenters. The zero-order chi connectivity index (χ0) is 20.5. The van der Waals surface area contributed by atoms with E-state index in [1.807, 2.05) is 24.3 Å². The number of amides is 1. The van der Waals surface area contributed by atoms with Gasteiger partial charge >= 0.3 is 5.97 Å². The maximum absolute atomic E-state index is 12.8. The Morgan fingerprint density at radius 2 is 1.83 bits per heavy atom. The van der Waals surface area contributed by atoms with Gasteiger partial charge in [-0.05, 0) is 43.1 Å². The Kier molecular flexibility index (Phi) is 7.30. The molecule has 1 saturated heterocycles. The maximum atomic E-state index is 12.8. The lowest BCUT2D eigenvalue weighted by molar-refractivity contribution is -0.161. The Morgan fingerprint density at radius 1 is 1.24 bits per heavy atom. The number of rotatable bonds is 5. The highest BCUT2D eigenvalue weighted by Crippen LogP contribution is 2.48. The number of likely N-dealkylation sites (tertiary alicyclic amines) is 1. The number of hydrogen-bond donors (Lipinski definition) is 3. The molecule has 1 saturated carbocycles. The van der Waals surface area contributed by atoms with Crippen LogP contribution in [0.4, 0.5) is 0 Å². The lowest BCUT2D eigenvalue weighted by Crippen LogP contribution is -2.51. The summed E-state index contributed by atoms with van der Waals surface area (Å²) in [4.78, 5) is 27.0. The fraction of sp³-hybridized carbons (Fsp3) is 0.571. The van der Waals surface area contributed by atoms with Crippen LogP contribution in [-0.4, -0.2) is 49.9 Å². The first-order valence-corrected chi connectivity index (χ1v) is 9.83. The van der Waals surface area contributed by atoms with Crippen LogP contribution >= 0.6 is 12.4 Å². The summed E-state index contributed by atoms with van der Waals surface area (Å²) in [5, 5.41) is 7.51. The number of hydrogen-bond acceptors (Lipinski definition) is 5. The van der Waals surface area contributed by atoms with Crippen molar-refractivity contribution in [2.75, 3.05) is 27.2 Å². The van der Waals surface area contributed by atoms with Crippen LogP contribution in [0.1, 0.15) is 42.7 Å². The highest BCUT2D eigenvalue weighted by molar-refractivity contribution is 6.05. The minimum absolute atomic E-state index is 0. The maximum Gasteiger partial charge on any atom is 0.323 e. The molecule has 2 atom stereocenters. The number of esters is 1. The van der Waals surface area contributed by atoms with Crippen molar-refractivity contribution < 1.29 is 14.3 Å². The van der Waals surface area contributed by atoms with E-state index in [0.717, 1.165) is 31.2 Å². The van der Waals surface area contributed by atoms with Gasteiger partial charge in [0.05, 0.1) is 7.11 Å². The second kappa shape index (κ2) is 9.13. The first-order valence-electron chi connectivity index (χ1n) is 9.83. The summed E-state index contributed by atoms with van der Waals surface area (Å²) in [6.07, 6.45) is 3.90. The molecule has 0 bridgehead atoms. The molecule has 29 heavy (non-hydrogen) atoms. The van der Waals surface area contributed by atoms with Crippen LogP contribution in [0.2, 0.25) is 0 Å². The molecular formula is C21H31ClN4O3. The fourth-order valence-electron chi connectivity index (χ4n) is 5.12. The van der Waals surface area contributed by atoms with Crippen LogP contribution in [-0.2, 0) is 14.3 Å². The Balaban J connectivity index is 0.00000300. The van der Waals surface area contributed by atoms with Crippen molar-refractivity contribution in [1.29, 1.82) is 5.41 Å². The van der Waals surface area contributed by atoms with Gasteiger partial charge in [-0.2, -0.15) is 0 Å². The van der Waals surface area contributed by atoms with Gasteiger partial charge < -0.3 is 21.1 Å². The molecule has 0 spiro atoms. The molecule has 160 valence electrons. The molecule has 1 amide bonds. The summed E-state index contributed by atoms with van der Waals surface area (Å²) in [5.74, 6) is -0.0402. The normalized spacial score (nSPS) is 29.3. The number of methoxy groups -OCH3 is 1. The molecule has 1 aromatic rings. The largest absolute Gasteiger partial charge is 0.468 e. The predicted octanol–water partition coefficient (Wildman–Crippen LogP) is 1.87. The lowest BCUT2D eigenvalue weighted by atomic mass is 9.65. The van der Waals surface area contributed by atoms with E-state index < -0.39 is 11.4 Å². The number of amidine groups is 1. The lowest BCUT2D eigenvalue weighted by Gasteiger charge is -2.38. The van der Waals surface area contributed by atoms with Crippen molar-refractivity contribution in [2.45, 2.75) is 31.6 Å². The zero-order valence-electron chi connectivity index (χ0n) is 17.0. The van der Waals surface area contributed by atoms with Crippen molar-refractivity contribution in [1.82, 2.24) is 4.90 Å². The number of carbonyl (C=O) groups is 2. The van der Waals surface area contributed by atoms with E-state index in [2.05, 4.69) is 0 Å². The molecule has 8 heteroatoms. The van der Waals surface area contributed by atoms with Crippen molar-refractivity contribution in [3.63, 3.8) is 0 Å². The Labute approximate surface area is 178 Å². The van der Waals surface area contributed by atoms with E-state index >= 15 is 0 Å². The summed E-state index contributed by atoms with van der Waals surface area (Å²) >= 11 is 0. The minimum Gasteiger partial charge on any atom is -0.468 e. The third-order valence-corrected chi connectivity index (χ3v) is 6.74. The molecule has 1 aliphatic heterocycles. The van der Waals surface area contributed by atoms with E-state index in [1.165, 1.54) is 12.7 Å². The van der Waals surface area contributed by atoms with Crippen LogP contribution in [0.5, 0.6) is 0 Å². The number of nitrogens with two attached hydrogens (primary N) is 2. The molecule has 5 N–H and O–H groups in total. The second-order valence-electron chi connectivity index (χ2n) is 8.11. The first-order chi connectivity index (χ1) is 13.3. The van der Waals surface area contributed by atoms with Gasteiger partial charge in [0.1, 0.15) is 5.84 Å².